The fourth-order valence-corrected chi connectivity index (χ4v) is 0. The van der Waals surface area contributed by atoms with Crippen LogP contribution in [0.15, 0.2) is 0 Å². The topological polar surface area (TPSA) is 0 Å². The first kappa shape index (κ1) is 24.8. The zero-order chi connectivity index (χ0) is 0. The van der Waals surface area contributed by atoms with E-state index in [-0.39, 0.29) is 116 Å². The third-order valence-corrected chi connectivity index (χ3v) is 0. The Hall–Kier alpha value is 3.86. The quantitative estimate of drug-likeness (QED) is 0.307. The number of hydrogen-bond donors (Lipinski definition) is 0. The van der Waals surface area contributed by atoms with Gasteiger partial charge in [0.2, 0.25) is 0 Å². The molecule has 0 aliphatic heterocycles. The van der Waals surface area contributed by atoms with Gasteiger partial charge in [0, 0.05) is 116 Å². The van der Waals surface area contributed by atoms with E-state index in [9.17, 15) is 0 Å². The van der Waals surface area contributed by atoms with Gasteiger partial charge in [0.1, 0.15) is 0 Å². The average Bonchev–Trinajstić information content (AvgIpc) is 0. The van der Waals surface area contributed by atoms with Crippen LogP contribution in [-0.2, 0) is 44.8 Å². The summed E-state index contributed by atoms with van der Waals surface area (Å²) in [6, 6.07) is 0. The van der Waals surface area contributed by atoms with Gasteiger partial charge in [-0.25, -0.2) is 0 Å². The maximum atomic E-state index is 0. The van der Waals surface area contributed by atoms with Crippen LogP contribution in [-0.4, -0.2) is 0 Å². The van der Waals surface area contributed by atoms with Crippen molar-refractivity contribution in [1.29, 1.82) is 0 Å². The standard InChI is InChI=1S/Nb.Ta.Th.U. The minimum atomic E-state index is 0. The number of hydrogen-bond acceptors (Lipinski definition) is 0. The molecule has 18 valence electrons. The van der Waals surface area contributed by atoms with Crippen molar-refractivity contribution in [2.24, 2.45) is 0 Å². The molecule has 0 N–H and O–H groups in total. The van der Waals surface area contributed by atoms with E-state index in [0.29, 0.717) is 0 Å². The van der Waals surface area contributed by atoms with Crippen molar-refractivity contribution in [2.45, 2.75) is 0 Å². The Bertz CT molecular complexity index is 8.00. The van der Waals surface area contributed by atoms with Crippen LogP contribution in [0.25, 0.3) is 0 Å². The van der Waals surface area contributed by atoms with Gasteiger partial charge in [0.15, 0.2) is 0 Å². The van der Waals surface area contributed by atoms with E-state index in [2.05, 4.69) is 0 Å². The molecule has 0 aromatic heterocycles. The summed E-state index contributed by atoms with van der Waals surface area (Å²) in [6.45, 7) is 0. The van der Waals surface area contributed by atoms with Crippen LogP contribution in [0.4, 0.5) is 0 Å². The maximum absolute atomic E-state index is 0. The summed E-state index contributed by atoms with van der Waals surface area (Å²) in [6.07, 6.45) is 0. The van der Waals surface area contributed by atoms with Crippen LogP contribution in [0, 0.1) is 71.1 Å². The van der Waals surface area contributed by atoms with E-state index in [1.165, 1.54) is 0 Å². The Kier molecular flexibility index (Phi) is 98.2. The van der Waals surface area contributed by atoms with Gasteiger partial charge in [-0.15, -0.1) is 0 Å². The van der Waals surface area contributed by atoms with E-state index in [0.717, 1.165) is 0 Å². The summed E-state index contributed by atoms with van der Waals surface area (Å²) in [5.74, 6) is 0. The van der Waals surface area contributed by atoms with E-state index in [4.69, 9.17) is 0 Å². The minimum Gasteiger partial charge on any atom is 0 e. The molecule has 0 aromatic rings. The molecule has 0 rings (SSSR count). The summed E-state index contributed by atoms with van der Waals surface area (Å²) in [5.41, 5.74) is 0. The molecule has 0 heterocycles. The summed E-state index contributed by atoms with van der Waals surface area (Å²) >= 11 is 0. The molecular weight excluding hydrogens is 744 g/mol. The van der Waals surface area contributed by atoms with Gasteiger partial charge in [-0.2, -0.15) is 0 Å². The van der Waals surface area contributed by atoms with E-state index in [1.54, 1.807) is 0 Å². The maximum Gasteiger partial charge on any atom is 0 e. The molecule has 0 spiro atoms. The molecular formula is NbTaThU. The van der Waals surface area contributed by atoms with Crippen LogP contribution in [0.1, 0.15) is 0 Å². The van der Waals surface area contributed by atoms with Gasteiger partial charge in [0.25, 0.3) is 0 Å². The van der Waals surface area contributed by atoms with Gasteiger partial charge >= 0.3 is 0 Å². The zero-order valence-electron chi connectivity index (χ0n) is 1.89. The van der Waals surface area contributed by atoms with E-state index in [1.807, 2.05) is 0 Å². The molecule has 0 fully saturated rings. The first-order chi connectivity index (χ1) is 0. The normalized spacial score (nSPS) is 0. The van der Waals surface area contributed by atoms with Crippen LogP contribution in [0.2, 0.25) is 0 Å². The molecule has 4 heteroatoms. The first-order valence-corrected chi connectivity index (χ1v) is 0. The van der Waals surface area contributed by atoms with Gasteiger partial charge in [-0.1, -0.05) is 0 Å². The molecule has 0 saturated heterocycles. The second kappa shape index (κ2) is 15.8. The molecule has 0 aliphatic rings. The molecule has 0 bridgehead atoms. The Morgan fingerprint density at radius 3 is 1.00 bits per heavy atom. The molecule has 2 radical (unpaired) electrons. The van der Waals surface area contributed by atoms with Gasteiger partial charge in [0.05, 0.1) is 0 Å². The van der Waals surface area contributed by atoms with Crippen molar-refractivity contribution in [3.8, 4) is 0 Å². The second-order valence-electron chi connectivity index (χ2n) is 0. The molecule has 0 aliphatic carbocycles. The molecule has 0 nitrogen and oxygen atoms in total. The third-order valence-electron chi connectivity index (χ3n) is 0. The average molecular weight is 744 g/mol. The van der Waals surface area contributed by atoms with Crippen molar-refractivity contribution < 1.29 is 116 Å². The van der Waals surface area contributed by atoms with E-state index >= 15 is 0 Å². The second-order valence-corrected chi connectivity index (χ2v) is 0. The third kappa shape index (κ3) is 9.29. The van der Waals surface area contributed by atoms with Crippen molar-refractivity contribution in [1.82, 2.24) is 0 Å². The fraction of sp³-hybridized carbons (Fsp3) is 0. The molecule has 0 aromatic carbocycles. The monoisotopic (exact) mass is 744 g/mol. The fourth-order valence-electron chi connectivity index (χ4n) is 0. The van der Waals surface area contributed by atoms with Crippen LogP contribution < -0.4 is 0 Å². The van der Waals surface area contributed by atoms with Crippen molar-refractivity contribution in [2.75, 3.05) is 0 Å². The van der Waals surface area contributed by atoms with Crippen molar-refractivity contribution in [3.63, 3.8) is 0 Å². The van der Waals surface area contributed by atoms with Crippen LogP contribution in [0.3, 0.4) is 0 Å². The Labute approximate surface area is 113 Å². The molecule has 0 atom stereocenters. The van der Waals surface area contributed by atoms with Gasteiger partial charge in [-0.3, -0.25) is 0 Å². The van der Waals surface area contributed by atoms with Crippen molar-refractivity contribution >= 4 is 0 Å². The SMILES string of the molecule is [Nb].[Ta].[Th].[U]. The van der Waals surface area contributed by atoms with Crippen LogP contribution >= 0.6 is 0 Å². The molecule has 4 heavy (non-hydrogen) atoms. The Morgan fingerprint density at radius 1 is 1.00 bits per heavy atom. The summed E-state index contributed by atoms with van der Waals surface area (Å²) in [4.78, 5) is 0. The minimum absolute atomic E-state index is 0. The predicted molar refractivity (Wildman–Crippen MR) is 0 cm³/mol. The first-order valence-electron chi connectivity index (χ1n) is 0. The zero-order valence-corrected chi connectivity index (χ0v) is 15.6. The van der Waals surface area contributed by atoms with Crippen LogP contribution in [0.5, 0.6) is 0 Å². The number of rotatable bonds is 0. The summed E-state index contributed by atoms with van der Waals surface area (Å²) in [5, 5.41) is 0. The molecule has 0 unspecified atom stereocenters. The smallest absolute Gasteiger partial charge is 0 e. The van der Waals surface area contributed by atoms with Crippen molar-refractivity contribution in [3.05, 3.63) is 0 Å². The largest absolute Gasteiger partial charge is 0 e. The molecule has 0 saturated carbocycles. The predicted octanol–water partition coefficient (Wildman–Crippen LogP) is -0.00500. The Morgan fingerprint density at radius 2 is 1.00 bits per heavy atom. The Balaban J connectivity index is 0. The van der Waals surface area contributed by atoms with E-state index < -0.39 is 0 Å². The summed E-state index contributed by atoms with van der Waals surface area (Å²) in [7, 11) is 0. The van der Waals surface area contributed by atoms with Gasteiger partial charge in [-0.05, 0) is 0 Å². The molecule has 0 amide bonds. The summed E-state index contributed by atoms with van der Waals surface area (Å²) < 4.78 is 0. The van der Waals surface area contributed by atoms with Gasteiger partial charge < -0.3 is 0 Å².